The highest BCUT2D eigenvalue weighted by Gasteiger charge is 2.14. The summed E-state index contributed by atoms with van der Waals surface area (Å²) in [6.45, 7) is 3.71. The number of aromatic nitrogens is 1. The van der Waals surface area contributed by atoms with Crippen LogP contribution in [0, 0.1) is 15.9 Å². The highest BCUT2D eigenvalue weighted by Crippen LogP contribution is 2.15. The van der Waals surface area contributed by atoms with E-state index in [0.717, 1.165) is 36.1 Å². The second-order valence-electron chi connectivity index (χ2n) is 7.91. The number of carbonyl (C=O) groups excluding carboxylic acids is 1. The number of amides is 1. The van der Waals surface area contributed by atoms with E-state index in [2.05, 4.69) is 6.92 Å². The van der Waals surface area contributed by atoms with Gasteiger partial charge in [-0.05, 0) is 60.0 Å². The van der Waals surface area contributed by atoms with Crippen LogP contribution >= 0.6 is 0 Å². The number of hydrogen-bond donors (Lipinski definition) is 0. The second-order valence-corrected chi connectivity index (χ2v) is 7.91. The third-order valence-electron chi connectivity index (χ3n) is 5.38. The summed E-state index contributed by atoms with van der Waals surface area (Å²) in [5, 5.41) is 10.8. The van der Waals surface area contributed by atoms with Crippen LogP contribution in [-0.2, 0) is 17.9 Å². The maximum atomic E-state index is 13.6. The topological polar surface area (TPSA) is 68.4 Å². The summed E-state index contributed by atoms with van der Waals surface area (Å²) in [6.07, 6.45) is 8.09. The van der Waals surface area contributed by atoms with Crippen LogP contribution in [0.3, 0.4) is 0 Å². The largest absolute Gasteiger partial charge is 0.345 e. The Kier molecular flexibility index (Phi) is 8.52. The molecule has 0 aliphatic carbocycles. The van der Waals surface area contributed by atoms with Crippen LogP contribution in [0.25, 0.3) is 6.08 Å². The van der Waals surface area contributed by atoms with E-state index in [1.54, 1.807) is 29.2 Å². The third kappa shape index (κ3) is 7.14. The first kappa shape index (κ1) is 23.9. The van der Waals surface area contributed by atoms with Gasteiger partial charge in [-0.25, -0.2) is 4.39 Å². The average Bonchev–Trinajstić information content (AvgIpc) is 3.23. The van der Waals surface area contributed by atoms with Crippen molar-refractivity contribution in [2.75, 3.05) is 6.54 Å². The molecule has 0 unspecified atom stereocenters. The molecule has 0 N–H and O–H groups in total. The molecule has 0 radical (unpaired) electrons. The molecule has 2 aromatic carbocycles. The van der Waals surface area contributed by atoms with Gasteiger partial charge >= 0.3 is 0 Å². The molecule has 3 rings (SSSR count). The minimum absolute atomic E-state index is 0.0127. The fraction of sp³-hybridized carbons (Fsp3) is 0.269. The van der Waals surface area contributed by atoms with Crippen molar-refractivity contribution in [1.82, 2.24) is 9.47 Å². The molecule has 3 aromatic rings. The highest BCUT2D eigenvalue weighted by molar-refractivity contribution is 5.91. The number of nitrogens with zero attached hydrogens (tertiary/aromatic N) is 3. The summed E-state index contributed by atoms with van der Waals surface area (Å²) >= 11 is 0. The van der Waals surface area contributed by atoms with Crippen molar-refractivity contribution in [1.29, 1.82) is 0 Å². The Labute approximate surface area is 193 Å². The number of nitro benzene ring substituents is 1. The van der Waals surface area contributed by atoms with Gasteiger partial charge in [0.05, 0.1) is 11.5 Å². The summed E-state index contributed by atoms with van der Waals surface area (Å²) in [7, 11) is 0. The Balaban J connectivity index is 1.72. The van der Waals surface area contributed by atoms with Crippen molar-refractivity contribution < 1.29 is 14.1 Å². The molecule has 0 saturated carbocycles. The molecule has 172 valence electrons. The highest BCUT2D eigenvalue weighted by atomic mass is 19.1. The van der Waals surface area contributed by atoms with Gasteiger partial charge in [-0.2, -0.15) is 0 Å². The molecular weight excluding hydrogens is 421 g/mol. The van der Waals surface area contributed by atoms with E-state index >= 15 is 0 Å². The van der Waals surface area contributed by atoms with Crippen LogP contribution in [0.5, 0.6) is 0 Å². The monoisotopic (exact) mass is 449 g/mol. The minimum Gasteiger partial charge on any atom is -0.345 e. The molecule has 33 heavy (non-hydrogen) atoms. The molecule has 0 fully saturated rings. The molecule has 0 saturated heterocycles. The number of hydrogen-bond acceptors (Lipinski definition) is 3. The second kappa shape index (κ2) is 11.8. The number of non-ortho nitro benzene ring substituents is 1. The zero-order valence-electron chi connectivity index (χ0n) is 18.7. The molecule has 1 aromatic heterocycles. The van der Waals surface area contributed by atoms with Crippen LogP contribution in [0.2, 0.25) is 0 Å². The SMILES string of the molecule is CCCCCN(Cc1cccn1Cc1cccc(F)c1)C(=O)C=Cc1ccc([N+](=O)[O-])cc1. The number of rotatable bonds is 11. The van der Waals surface area contributed by atoms with Crippen molar-refractivity contribution in [3.05, 3.63) is 106 Å². The van der Waals surface area contributed by atoms with E-state index in [9.17, 15) is 19.3 Å². The molecule has 1 amide bonds. The van der Waals surface area contributed by atoms with Gasteiger partial charge in [-0.3, -0.25) is 14.9 Å². The quantitative estimate of drug-likeness (QED) is 0.160. The van der Waals surface area contributed by atoms with Gasteiger partial charge in [0.15, 0.2) is 0 Å². The third-order valence-corrected chi connectivity index (χ3v) is 5.38. The summed E-state index contributed by atoms with van der Waals surface area (Å²) in [4.78, 5) is 25.2. The van der Waals surface area contributed by atoms with Gasteiger partial charge in [0, 0.05) is 43.2 Å². The molecule has 1 heterocycles. The fourth-order valence-corrected chi connectivity index (χ4v) is 3.57. The number of carbonyl (C=O) groups is 1. The first-order valence-corrected chi connectivity index (χ1v) is 11.1. The zero-order valence-corrected chi connectivity index (χ0v) is 18.7. The number of unbranched alkanes of at least 4 members (excludes halogenated alkanes) is 2. The first-order chi connectivity index (χ1) is 16.0. The van der Waals surface area contributed by atoms with Crippen LogP contribution in [0.1, 0.15) is 43.0 Å². The Morgan fingerprint density at radius 1 is 1.12 bits per heavy atom. The van der Waals surface area contributed by atoms with Crippen molar-refractivity contribution in [3.63, 3.8) is 0 Å². The van der Waals surface area contributed by atoms with Gasteiger partial charge < -0.3 is 9.47 Å². The lowest BCUT2D eigenvalue weighted by Gasteiger charge is -2.22. The van der Waals surface area contributed by atoms with Gasteiger partial charge in [0.1, 0.15) is 5.82 Å². The van der Waals surface area contributed by atoms with E-state index in [4.69, 9.17) is 0 Å². The smallest absolute Gasteiger partial charge is 0.269 e. The Morgan fingerprint density at radius 2 is 1.91 bits per heavy atom. The number of benzene rings is 2. The summed E-state index contributed by atoms with van der Waals surface area (Å²) in [5.74, 6) is -0.392. The molecule has 0 bridgehead atoms. The lowest BCUT2D eigenvalue weighted by Crippen LogP contribution is -2.31. The molecule has 0 aliphatic rings. The van der Waals surface area contributed by atoms with Crippen molar-refractivity contribution in [3.8, 4) is 0 Å². The maximum Gasteiger partial charge on any atom is 0.269 e. The van der Waals surface area contributed by atoms with Gasteiger partial charge in [0.2, 0.25) is 5.91 Å². The summed E-state index contributed by atoms with van der Waals surface area (Å²) in [5.41, 5.74) is 2.55. The summed E-state index contributed by atoms with van der Waals surface area (Å²) in [6, 6.07) is 16.5. The van der Waals surface area contributed by atoms with E-state index < -0.39 is 4.92 Å². The van der Waals surface area contributed by atoms with Crippen LogP contribution in [0.4, 0.5) is 10.1 Å². The van der Waals surface area contributed by atoms with Gasteiger partial charge in [-0.15, -0.1) is 0 Å². The molecule has 0 spiro atoms. The standard InChI is InChI=1S/C26H28FN3O3/c1-2-3-4-16-29(26(31)15-12-21-10-13-24(14-11-21)30(32)33)20-25-9-6-17-28(25)19-22-7-5-8-23(27)18-22/h5-15,17-18H,2-4,16,19-20H2,1H3. The van der Waals surface area contributed by atoms with Crippen molar-refractivity contribution >= 4 is 17.7 Å². The predicted molar refractivity (Wildman–Crippen MR) is 127 cm³/mol. The fourth-order valence-electron chi connectivity index (χ4n) is 3.57. The van der Waals surface area contributed by atoms with E-state index in [1.807, 2.05) is 29.0 Å². The van der Waals surface area contributed by atoms with Crippen LogP contribution in [-0.4, -0.2) is 26.8 Å². The van der Waals surface area contributed by atoms with E-state index in [0.29, 0.717) is 19.6 Å². The Hall–Kier alpha value is -3.74. The molecular formula is C26H28FN3O3. The first-order valence-electron chi connectivity index (χ1n) is 11.1. The molecule has 0 atom stereocenters. The lowest BCUT2D eigenvalue weighted by molar-refractivity contribution is -0.384. The molecule has 6 nitrogen and oxygen atoms in total. The van der Waals surface area contributed by atoms with E-state index in [-0.39, 0.29) is 17.4 Å². The molecule has 0 aliphatic heterocycles. The summed E-state index contributed by atoms with van der Waals surface area (Å²) < 4.78 is 15.6. The van der Waals surface area contributed by atoms with Gasteiger partial charge in [-0.1, -0.05) is 31.9 Å². The average molecular weight is 450 g/mol. The zero-order chi connectivity index (χ0) is 23.6. The number of nitro groups is 1. The minimum atomic E-state index is -0.451. The van der Waals surface area contributed by atoms with Gasteiger partial charge in [0.25, 0.3) is 5.69 Å². The van der Waals surface area contributed by atoms with Crippen molar-refractivity contribution in [2.24, 2.45) is 0 Å². The molecule has 7 heteroatoms. The van der Waals surface area contributed by atoms with Crippen LogP contribution in [0.15, 0.2) is 72.9 Å². The lowest BCUT2D eigenvalue weighted by atomic mass is 10.2. The predicted octanol–water partition coefficient (Wildman–Crippen LogP) is 5.82. The van der Waals surface area contributed by atoms with Crippen LogP contribution < -0.4 is 0 Å². The van der Waals surface area contributed by atoms with Crippen molar-refractivity contribution in [2.45, 2.75) is 39.3 Å². The van der Waals surface area contributed by atoms with E-state index in [1.165, 1.54) is 30.3 Å². The Morgan fingerprint density at radius 3 is 2.61 bits per heavy atom. The number of halogens is 1. The Bertz CT molecular complexity index is 1110. The maximum absolute atomic E-state index is 13.6. The normalized spacial score (nSPS) is 11.1.